The molecule has 1 aromatic heterocycles. The maximum absolute atomic E-state index is 12.0. The van der Waals surface area contributed by atoms with E-state index in [1.807, 2.05) is 18.2 Å². The van der Waals surface area contributed by atoms with Gasteiger partial charge in [-0.2, -0.15) is 0 Å². The molecule has 1 aliphatic carbocycles. The van der Waals surface area contributed by atoms with Crippen LogP contribution in [0.1, 0.15) is 30.4 Å². The lowest BCUT2D eigenvalue weighted by Gasteiger charge is -2.19. The van der Waals surface area contributed by atoms with Gasteiger partial charge in [0.05, 0.1) is 6.61 Å². The number of benzene rings is 1. The first kappa shape index (κ1) is 16.1. The van der Waals surface area contributed by atoms with Crippen molar-refractivity contribution in [3.8, 4) is 17.2 Å². The smallest absolute Gasteiger partial charge is 0.313 e. The molecule has 5 rings (SSSR count). The first-order chi connectivity index (χ1) is 13.2. The summed E-state index contributed by atoms with van der Waals surface area (Å²) in [5.41, 5.74) is 1.87. The number of carbonyl (C=O) groups is 2. The fraction of sp³-hybridized carbons (Fsp3) is 0.350. The molecule has 7 heteroatoms. The van der Waals surface area contributed by atoms with Crippen molar-refractivity contribution in [3.05, 3.63) is 41.6 Å². The van der Waals surface area contributed by atoms with Crippen molar-refractivity contribution in [1.29, 1.82) is 0 Å². The first-order valence-electron chi connectivity index (χ1n) is 9.08. The third-order valence-electron chi connectivity index (χ3n) is 5.22. The van der Waals surface area contributed by atoms with Crippen LogP contribution in [0.15, 0.2) is 30.5 Å². The number of amides is 1. The van der Waals surface area contributed by atoms with Gasteiger partial charge < -0.3 is 19.5 Å². The molecule has 1 unspecified atom stereocenters. The Hall–Kier alpha value is -3.09. The minimum absolute atomic E-state index is 0.0354. The van der Waals surface area contributed by atoms with Crippen LogP contribution in [-0.2, 0) is 20.7 Å². The van der Waals surface area contributed by atoms with E-state index < -0.39 is 0 Å². The topological polar surface area (TPSA) is 86.8 Å². The van der Waals surface area contributed by atoms with E-state index in [0.717, 1.165) is 16.9 Å². The van der Waals surface area contributed by atoms with Crippen LogP contribution in [0.3, 0.4) is 0 Å². The fourth-order valence-electron chi connectivity index (χ4n) is 3.90. The molecule has 0 radical (unpaired) electrons. The van der Waals surface area contributed by atoms with E-state index in [0.29, 0.717) is 36.8 Å². The number of esters is 1. The Kier molecular flexibility index (Phi) is 3.56. The highest BCUT2D eigenvalue weighted by Gasteiger charge is 2.63. The standard InChI is InChI=1S/C20H18N2O5/c1-2-25-20(24)17-16-12-9-10(3-5-13(12)27-18(16)17)26-14-7-8-21-19-11(14)4-6-15(23)22-19/h3,5,7-9,16-18H,2,4,6H2,1H3,(H,21,22,23)/t16-,17-,18?/m0/s1. The van der Waals surface area contributed by atoms with Crippen LogP contribution in [0.2, 0.25) is 0 Å². The van der Waals surface area contributed by atoms with E-state index in [-0.39, 0.29) is 29.8 Å². The highest BCUT2D eigenvalue weighted by Crippen LogP contribution is 2.59. The molecule has 0 saturated heterocycles. The number of nitrogens with zero attached hydrogens (tertiary/aromatic N) is 1. The van der Waals surface area contributed by atoms with Crippen LogP contribution >= 0.6 is 0 Å². The zero-order valence-corrected chi connectivity index (χ0v) is 14.7. The van der Waals surface area contributed by atoms with Gasteiger partial charge in [-0.05, 0) is 37.6 Å². The van der Waals surface area contributed by atoms with E-state index in [9.17, 15) is 9.59 Å². The largest absolute Gasteiger partial charge is 0.489 e. The van der Waals surface area contributed by atoms with Crippen molar-refractivity contribution in [1.82, 2.24) is 4.98 Å². The zero-order chi connectivity index (χ0) is 18.5. The second kappa shape index (κ2) is 5.97. The van der Waals surface area contributed by atoms with Crippen molar-refractivity contribution in [2.45, 2.75) is 31.8 Å². The molecule has 1 fully saturated rings. The second-order valence-corrected chi connectivity index (χ2v) is 6.87. The Morgan fingerprint density at radius 3 is 3.07 bits per heavy atom. The summed E-state index contributed by atoms with van der Waals surface area (Å²) in [4.78, 5) is 27.8. The minimum atomic E-state index is -0.225. The van der Waals surface area contributed by atoms with Gasteiger partial charge in [0.15, 0.2) is 0 Å². The maximum atomic E-state index is 12.0. The number of hydrogen-bond donors (Lipinski definition) is 1. The summed E-state index contributed by atoms with van der Waals surface area (Å²) in [5, 5.41) is 2.77. The van der Waals surface area contributed by atoms with E-state index in [1.54, 1.807) is 19.2 Å². The third-order valence-corrected chi connectivity index (χ3v) is 5.22. The number of anilines is 1. The van der Waals surface area contributed by atoms with Crippen LogP contribution in [0.5, 0.6) is 17.2 Å². The number of pyridine rings is 1. The summed E-state index contributed by atoms with van der Waals surface area (Å²) in [6.07, 6.45) is 2.49. The van der Waals surface area contributed by atoms with Gasteiger partial charge in [0.1, 0.15) is 35.1 Å². The highest BCUT2D eigenvalue weighted by atomic mass is 16.5. The second-order valence-electron chi connectivity index (χ2n) is 6.87. The zero-order valence-electron chi connectivity index (χ0n) is 14.7. The number of ether oxygens (including phenoxy) is 3. The maximum Gasteiger partial charge on any atom is 0.313 e. The summed E-state index contributed by atoms with van der Waals surface area (Å²) >= 11 is 0. The molecule has 0 spiro atoms. The number of fused-ring (bicyclic) bond motifs is 4. The monoisotopic (exact) mass is 366 g/mol. The van der Waals surface area contributed by atoms with E-state index in [4.69, 9.17) is 14.2 Å². The molecule has 3 aliphatic rings. The number of carbonyl (C=O) groups excluding carboxylic acids is 2. The quantitative estimate of drug-likeness (QED) is 0.838. The lowest BCUT2D eigenvalue weighted by atomic mass is 10.1. The Labute approximate surface area is 155 Å². The molecule has 3 atom stereocenters. The molecular weight excluding hydrogens is 348 g/mol. The molecule has 1 amide bonds. The Morgan fingerprint density at radius 1 is 1.33 bits per heavy atom. The molecule has 27 heavy (non-hydrogen) atoms. The van der Waals surface area contributed by atoms with E-state index >= 15 is 0 Å². The minimum Gasteiger partial charge on any atom is -0.489 e. The normalized spacial score (nSPS) is 24.0. The summed E-state index contributed by atoms with van der Waals surface area (Å²) in [6.45, 7) is 2.17. The summed E-state index contributed by atoms with van der Waals surface area (Å²) in [6, 6.07) is 7.43. The van der Waals surface area contributed by atoms with Crippen LogP contribution < -0.4 is 14.8 Å². The molecule has 3 heterocycles. The average Bonchev–Trinajstić information content (AvgIpc) is 3.25. The molecule has 1 aromatic carbocycles. The van der Waals surface area contributed by atoms with Crippen LogP contribution in [-0.4, -0.2) is 29.6 Å². The van der Waals surface area contributed by atoms with Crippen LogP contribution in [0.4, 0.5) is 5.82 Å². The number of hydrogen-bond acceptors (Lipinski definition) is 6. The predicted octanol–water partition coefficient (Wildman–Crippen LogP) is 2.80. The SMILES string of the molecule is CCOC(=O)[C@@H]1C2Oc3ccc(Oc4ccnc5c4CCC(=O)N5)cc3[C@H]21. The van der Waals surface area contributed by atoms with Crippen LogP contribution in [0, 0.1) is 5.92 Å². The van der Waals surface area contributed by atoms with Gasteiger partial charge in [0.25, 0.3) is 0 Å². The molecule has 0 bridgehead atoms. The molecule has 2 aliphatic heterocycles. The summed E-state index contributed by atoms with van der Waals surface area (Å²) in [5.74, 6) is 2.26. The van der Waals surface area contributed by atoms with Gasteiger partial charge in [0, 0.05) is 29.7 Å². The lowest BCUT2D eigenvalue weighted by molar-refractivity contribution is -0.145. The molecule has 7 nitrogen and oxygen atoms in total. The molecule has 138 valence electrons. The molecule has 2 aromatic rings. The molecule has 1 saturated carbocycles. The number of rotatable bonds is 4. The van der Waals surface area contributed by atoms with Crippen molar-refractivity contribution < 1.29 is 23.8 Å². The van der Waals surface area contributed by atoms with Crippen LogP contribution in [0.25, 0.3) is 0 Å². The van der Waals surface area contributed by atoms with Crippen molar-refractivity contribution >= 4 is 17.7 Å². The number of aromatic nitrogens is 1. The summed E-state index contributed by atoms with van der Waals surface area (Å²) < 4.78 is 17.1. The van der Waals surface area contributed by atoms with Gasteiger partial charge in [-0.25, -0.2) is 4.98 Å². The Balaban J connectivity index is 1.39. The molecular formula is C20H18N2O5. The Bertz CT molecular complexity index is 957. The Morgan fingerprint density at radius 2 is 2.22 bits per heavy atom. The lowest BCUT2D eigenvalue weighted by Crippen LogP contribution is -2.20. The van der Waals surface area contributed by atoms with Crippen molar-refractivity contribution in [2.75, 3.05) is 11.9 Å². The third kappa shape index (κ3) is 2.61. The van der Waals surface area contributed by atoms with Gasteiger partial charge in [-0.1, -0.05) is 0 Å². The van der Waals surface area contributed by atoms with Gasteiger partial charge >= 0.3 is 5.97 Å². The van der Waals surface area contributed by atoms with Crippen molar-refractivity contribution in [3.63, 3.8) is 0 Å². The van der Waals surface area contributed by atoms with Gasteiger partial charge in [-0.15, -0.1) is 0 Å². The van der Waals surface area contributed by atoms with E-state index in [2.05, 4.69) is 10.3 Å². The number of nitrogens with one attached hydrogen (secondary N) is 1. The highest BCUT2D eigenvalue weighted by molar-refractivity contribution is 5.93. The first-order valence-corrected chi connectivity index (χ1v) is 9.08. The van der Waals surface area contributed by atoms with Crippen molar-refractivity contribution in [2.24, 2.45) is 5.92 Å². The van der Waals surface area contributed by atoms with Gasteiger partial charge in [-0.3, -0.25) is 9.59 Å². The predicted molar refractivity (Wildman–Crippen MR) is 95.0 cm³/mol. The summed E-state index contributed by atoms with van der Waals surface area (Å²) in [7, 11) is 0. The van der Waals surface area contributed by atoms with Gasteiger partial charge in [0.2, 0.25) is 5.91 Å². The molecule has 1 N–H and O–H groups in total. The fourth-order valence-corrected chi connectivity index (χ4v) is 3.90. The average molecular weight is 366 g/mol. The van der Waals surface area contributed by atoms with E-state index in [1.165, 1.54) is 0 Å².